The summed E-state index contributed by atoms with van der Waals surface area (Å²) in [6.45, 7) is 5.94. The SMILES string of the molecule is CCN1CCC2(CC1)CN=C(N)N2c1ccccc1F. The van der Waals surface area contributed by atoms with Crippen molar-refractivity contribution in [2.45, 2.75) is 25.3 Å². The van der Waals surface area contributed by atoms with E-state index in [4.69, 9.17) is 5.73 Å². The number of rotatable bonds is 2. The Morgan fingerprint density at radius 2 is 2.00 bits per heavy atom. The lowest BCUT2D eigenvalue weighted by Gasteiger charge is -2.45. The number of piperidine rings is 1. The van der Waals surface area contributed by atoms with E-state index in [1.165, 1.54) is 6.07 Å². The van der Waals surface area contributed by atoms with Crippen molar-refractivity contribution in [1.29, 1.82) is 0 Å². The van der Waals surface area contributed by atoms with E-state index in [1.54, 1.807) is 12.1 Å². The zero-order chi connectivity index (χ0) is 14.2. The van der Waals surface area contributed by atoms with E-state index in [0.29, 0.717) is 18.2 Å². The zero-order valence-electron chi connectivity index (χ0n) is 11.8. The summed E-state index contributed by atoms with van der Waals surface area (Å²) < 4.78 is 14.1. The molecule has 3 rings (SSSR count). The van der Waals surface area contributed by atoms with E-state index in [1.807, 2.05) is 11.0 Å². The number of hydrogen-bond donors (Lipinski definition) is 1. The van der Waals surface area contributed by atoms with Gasteiger partial charge in [-0.2, -0.15) is 0 Å². The number of nitrogens with zero attached hydrogens (tertiary/aromatic N) is 3. The van der Waals surface area contributed by atoms with Crippen molar-refractivity contribution < 1.29 is 4.39 Å². The summed E-state index contributed by atoms with van der Waals surface area (Å²) in [5.41, 5.74) is 6.46. The van der Waals surface area contributed by atoms with Crippen LogP contribution >= 0.6 is 0 Å². The van der Waals surface area contributed by atoms with Crippen molar-refractivity contribution in [3.8, 4) is 0 Å². The molecule has 2 aliphatic rings. The molecular formula is C15H21FN4. The molecule has 0 atom stereocenters. The standard InChI is InChI=1S/C15H21FN4/c1-2-19-9-7-15(8-10-19)11-18-14(17)20(15)13-6-4-3-5-12(13)16/h3-6H,2,7-11H2,1H3,(H2,17,18). The number of halogens is 1. The van der Waals surface area contributed by atoms with Crippen molar-refractivity contribution in [1.82, 2.24) is 4.90 Å². The van der Waals surface area contributed by atoms with Crippen LogP contribution in [-0.2, 0) is 0 Å². The summed E-state index contributed by atoms with van der Waals surface area (Å²) in [4.78, 5) is 8.74. The first-order chi connectivity index (χ1) is 9.66. The summed E-state index contributed by atoms with van der Waals surface area (Å²) in [5.74, 6) is 0.213. The maximum atomic E-state index is 14.1. The Labute approximate surface area is 119 Å². The van der Waals surface area contributed by atoms with Gasteiger partial charge in [0.1, 0.15) is 5.82 Å². The molecule has 0 amide bonds. The second kappa shape index (κ2) is 5.05. The first kappa shape index (κ1) is 13.4. The van der Waals surface area contributed by atoms with E-state index < -0.39 is 0 Å². The molecule has 2 aliphatic heterocycles. The third-order valence-corrected chi connectivity index (χ3v) is 4.57. The highest BCUT2D eigenvalue weighted by Crippen LogP contribution is 2.37. The number of anilines is 1. The maximum Gasteiger partial charge on any atom is 0.196 e. The lowest BCUT2D eigenvalue weighted by atomic mass is 9.86. The van der Waals surface area contributed by atoms with Crippen LogP contribution in [0.1, 0.15) is 19.8 Å². The summed E-state index contributed by atoms with van der Waals surface area (Å²) in [5, 5.41) is 0. The molecule has 1 aromatic rings. The molecule has 2 N–H and O–H groups in total. The molecule has 0 bridgehead atoms. The lowest BCUT2D eigenvalue weighted by molar-refractivity contribution is 0.178. The van der Waals surface area contributed by atoms with Gasteiger partial charge in [-0.25, -0.2) is 4.39 Å². The predicted molar refractivity (Wildman–Crippen MR) is 79.4 cm³/mol. The molecule has 0 unspecified atom stereocenters. The molecule has 4 nitrogen and oxygen atoms in total. The summed E-state index contributed by atoms with van der Waals surface area (Å²) in [7, 11) is 0. The number of benzene rings is 1. The van der Waals surface area contributed by atoms with Crippen molar-refractivity contribution in [2.24, 2.45) is 10.7 Å². The zero-order valence-corrected chi connectivity index (χ0v) is 11.8. The smallest absolute Gasteiger partial charge is 0.196 e. The molecule has 0 saturated carbocycles. The fraction of sp³-hybridized carbons (Fsp3) is 0.533. The van der Waals surface area contributed by atoms with Crippen LogP contribution in [0, 0.1) is 5.82 Å². The van der Waals surface area contributed by atoms with E-state index in [-0.39, 0.29) is 11.4 Å². The van der Waals surface area contributed by atoms with Gasteiger partial charge in [-0.3, -0.25) is 4.99 Å². The van der Waals surface area contributed by atoms with Gasteiger partial charge in [0.15, 0.2) is 5.96 Å². The van der Waals surface area contributed by atoms with E-state index in [0.717, 1.165) is 32.5 Å². The molecule has 20 heavy (non-hydrogen) atoms. The van der Waals surface area contributed by atoms with E-state index >= 15 is 0 Å². The Bertz CT molecular complexity index is 520. The van der Waals surface area contributed by atoms with Crippen LogP contribution in [-0.4, -0.2) is 42.6 Å². The number of para-hydroxylation sites is 1. The first-order valence-electron chi connectivity index (χ1n) is 7.23. The Morgan fingerprint density at radius 1 is 1.30 bits per heavy atom. The van der Waals surface area contributed by atoms with Crippen LogP contribution < -0.4 is 10.6 Å². The lowest BCUT2D eigenvalue weighted by Crippen LogP contribution is -2.57. The van der Waals surface area contributed by atoms with Crippen molar-refractivity contribution in [3.63, 3.8) is 0 Å². The van der Waals surface area contributed by atoms with Gasteiger partial charge < -0.3 is 15.5 Å². The molecule has 1 spiro atoms. The van der Waals surface area contributed by atoms with Gasteiger partial charge in [-0.1, -0.05) is 19.1 Å². The van der Waals surface area contributed by atoms with Gasteiger partial charge in [0.05, 0.1) is 17.8 Å². The van der Waals surface area contributed by atoms with Crippen LogP contribution in [0.5, 0.6) is 0 Å². The van der Waals surface area contributed by atoms with Gasteiger partial charge >= 0.3 is 0 Å². The molecule has 0 radical (unpaired) electrons. The minimum absolute atomic E-state index is 0.141. The van der Waals surface area contributed by atoms with Gasteiger partial charge in [-0.15, -0.1) is 0 Å². The minimum Gasteiger partial charge on any atom is -0.369 e. The normalized spacial score (nSPS) is 22.3. The fourth-order valence-electron chi connectivity index (χ4n) is 3.29. The summed E-state index contributed by atoms with van der Waals surface area (Å²) >= 11 is 0. The average molecular weight is 276 g/mol. The topological polar surface area (TPSA) is 44.9 Å². The Balaban J connectivity index is 1.92. The van der Waals surface area contributed by atoms with Gasteiger partial charge in [-0.05, 0) is 31.5 Å². The number of aliphatic imine (C=N–C) groups is 1. The third-order valence-electron chi connectivity index (χ3n) is 4.57. The number of guanidine groups is 1. The second-order valence-corrected chi connectivity index (χ2v) is 5.62. The average Bonchev–Trinajstić information content (AvgIpc) is 2.78. The van der Waals surface area contributed by atoms with Crippen LogP contribution in [0.3, 0.4) is 0 Å². The quantitative estimate of drug-likeness (QED) is 0.896. The van der Waals surface area contributed by atoms with Gasteiger partial charge in [0.2, 0.25) is 0 Å². The first-order valence-corrected chi connectivity index (χ1v) is 7.23. The predicted octanol–water partition coefficient (Wildman–Crippen LogP) is 1.81. The van der Waals surface area contributed by atoms with Gasteiger partial charge in [0.25, 0.3) is 0 Å². The Morgan fingerprint density at radius 3 is 2.65 bits per heavy atom. The number of likely N-dealkylation sites (tertiary alicyclic amines) is 1. The summed E-state index contributed by atoms with van der Waals surface area (Å²) in [6, 6.07) is 6.82. The molecular weight excluding hydrogens is 255 g/mol. The molecule has 0 aliphatic carbocycles. The molecule has 108 valence electrons. The Hall–Kier alpha value is -1.62. The second-order valence-electron chi connectivity index (χ2n) is 5.62. The highest BCUT2D eigenvalue weighted by atomic mass is 19.1. The highest BCUT2D eigenvalue weighted by Gasteiger charge is 2.45. The highest BCUT2D eigenvalue weighted by molar-refractivity contribution is 5.98. The maximum absolute atomic E-state index is 14.1. The molecule has 2 heterocycles. The fourth-order valence-corrected chi connectivity index (χ4v) is 3.29. The van der Waals surface area contributed by atoms with Crippen LogP contribution in [0.15, 0.2) is 29.3 Å². The van der Waals surface area contributed by atoms with Crippen molar-refractivity contribution >= 4 is 11.6 Å². The molecule has 1 fully saturated rings. The van der Waals surface area contributed by atoms with Crippen LogP contribution in [0.25, 0.3) is 0 Å². The van der Waals surface area contributed by atoms with Gasteiger partial charge in [0, 0.05) is 13.1 Å². The van der Waals surface area contributed by atoms with E-state index in [2.05, 4.69) is 16.8 Å². The van der Waals surface area contributed by atoms with Crippen LogP contribution in [0.2, 0.25) is 0 Å². The number of nitrogens with two attached hydrogens (primary N) is 1. The van der Waals surface area contributed by atoms with Crippen molar-refractivity contribution in [3.05, 3.63) is 30.1 Å². The van der Waals surface area contributed by atoms with Crippen LogP contribution in [0.4, 0.5) is 10.1 Å². The monoisotopic (exact) mass is 276 g/mol. The molecule has 0 aromatic heterocycles. The molecule has 1 saturated heterocycles. The molecule has 5 heteroatoms. The summed E-state index contributed by atoms with van der Waals surface area (Å²) in [6.07, 6.45) is 1.94. The largest absolute Gasteiger partial charge is 0.369 e. The third kappa shape index (κ3) is 2.06. The van der Waals surface area contributed by atoms with Crippen molar-refractivity contribution in [2.75, 3.05) is 31.1 Å². The Kier molecular flexibility index (Phi) is 3.38. The molecule has 1 aromatic carbocycles. The minimum atomic E-state index is -0.232. The van der Waals surface area contributed by atoms with E-state index in [9.17, 15) is 4.39 Å². The number of hydrogen-bond acceptors (Lipinski definition) is 4.